The highest BCUT2D eigenvalue weighted by Crippen LogP contribution is 2.42. The number of ether oxygens (including phenoxy) is 3. The molecule has 3 fully saturated rings. The first-order chi connectivity index (χ1) is 37.5. The predicted molar refractivity (Wildman–Crippen MR) is 264 cm³/mol. The van der Waals surface area contributed by atoms with Crippen LogP contribution >= 0.6 is 0 Å². The zero-order valence-electron chi connectivity index (χ0n) is 43.8. The van der Waals surface area contributed by atoms with Crippen molar-refractivity contribution in [2.24, 2.45) is 10.8 Å². The summed E-state index contributed by atoms with van der Waals surface area (Å²) in [4.78, 5) is 66.7. The molecule has 2 aromatic heterocycles. The fraction of sp³-hybridized carbons (Fsp3) is 0.510. The maximum Gasteiger partial charge on any atom is 0.407 e. The summed E-state index contributed by atoms with van der Waals surface area (Å²) in [5.41, 5.74) is -5.48. The van der Waals surface area contributed by atoms with E-state index in [1.54, 1.807) is 17.7 Å². The van der Waals surface area contributed by atoms with Gasteiger partial charge in [-0.15, -0.1) is 0 Å². The van der Waals surface area contributed by atoms with E-state index in [2.05, 4.69) is 51.5 Å². The van der Waals surface area contributed by atoms with E-state index < -0.39 is 120 Å². The summed E-state index contributed by atoms with van der Waals surface area (Å²) in [6, 6.07) is 2.06. The Balaban J connectivity index is 1.20. The van der Waals surface area contributed by atoms with Gasteiger partial charge in [-0.05, 0) is 82.9 Å². The average molecular weight is 1140 g/mol. The number of alkyl carbamates (subject to hydrolysis) is 2. The third-order valence-corrected chi connectivity index (χ3v) is 14.4. The Morgan fingerprint density at radius 2 is 1.30 bits per heavy atom. The van der Waals surface area contributed by atoms with Crippen molar-refractivity contribution in [2.45, 2.75) is 108 Å². The summed E-state index contributed by atoms with van der Waals surface area (Å²) in [5, 5.41) is 21.6. The number of carbonyl (C=O) groups excluding carboxylic acids is 4. The lowest BCUT2D eigenvalue weighted by atomic mass is 9.82. The molecule has 4 aromatic rings. The first-order valence-electron chi connectivity index (χ1n) is 24.8. The molecule has 2 bridgehead atoms. The molecule has 3 aliphatic rings. The number of aliphatic hydroxyl groups excluding tert-OH is 1. The lowest BCUT2D eigenvalue weighted by Gasteiger charge is -2.47. The Kier molecular flexibility index (Phi) is 18.1. The monoisotopic (exact) mass is 1140 g/mol. The zero-order valence-corrected chi connectivity index (χ0v) is 43.8. The number of carbonyl (C=O) groups is 4. The zero-order chi connectivity index (χ0) is 58.6. The summed E-state index contributed by atoms with van der Waals surface area (Å²) in [6.45, 7) is 0.632. The molecule has 5 N–H and O–H groups in total. The summed E-state index contributed by atoms with van der Waals surface area (Å²) < 4.78 is 161. The number of hydrogen-bond donors (Lipinski definition) is 5. The third kappa shape index (κ3) is 13.4. The second-order valence-electron chi connectivity index (χ2n) is 20.4. The van der Waals surface area contributed by atoms with Crippen LogP contribution in [-0.2, 0) is 30.2 Å². The first kappa shape index (κ1) is 60.2. The number of halogens is 10. The van der Waals surface area contributed by atoms with E-state index >= 15 is 8.78 Å². The molecule has 3 saturated heterocycles. The summed E-state index contributed by atoms with van der Waals surface area (Å²) in [6.07, 6.45) is -10.3. The normalized spacial score (nSPS) is 18.4. The molecular weight excluding hydrogens is 1080 g/mol. The lowest BCUT2D eigenvalue weighted by Crippen LogP contribution is -2.64. The van der Waals surface area contributed by atoms with Gasteiger partial charge in [-0.25, -0.2) is 33.0 Å². The Morgan fingerprint density at radius 3 is 1.77 bits per heavy atom. The number of rotatable bonds is 18. The van der Waals surface area contributed by atoms with Crippen molar-refractivity contribution in [1.29, 1.82) is 0 Å². The van der Waals surface area contributed by atoms with Gasteiger partial charge in [0.25, 0.3) is 5.91 Å². The SMILES string of the molecule is COC(=O)NC(C(=O)N[C@@H](Cc1ccc(C#Cc2cnc(N3CC4CCC(C3)N4C3COC3)nc2)cc1)[C@@H](O)CN(NC(=O)[C@@H](NC(=O)OC)C(C)(C)C(F)(F)F)c1c(F)cc(-c2ccn(C(F)F)n2)cc1F)C(C)(C)C(F)(F)F. The van der Waals surface area contributed by atoms with Crippen molar-refractivity contribution in [3.63, 3.8) is 0 Å². The third-order valence-electron chi connectivity index (χ3n) is 14.4. The summed E-state index contributed by atoms with van der Waals surface area (Å²) in [5.74, 6) is -0.239. The van der Waals surface area contributed by atoms with Crippen LogP contribution in [0.4, 0.5) is 65.1 Å². The molecule has 2 aromatic carbocycles. The minimum atomic E-state index is -5.28. The molecule has 4 amide bonds. The second kappa shape index (κ2) is 24.1. The average Bonchev–Trinajstić information content (AvgIpc) is 3.99. The van der Waals surface area contributed by atoms with Gasteiger partial charge in [0.15, 0.2) is 11.6 Å². The molecule has 434 valence electrons. The van der Waals surface area contributed by atoms with E-state index in [0.29, 0.717) is 75.0 Å². The van der Waals surface area contributed by atoms with Gasteiger partial charge in [-0.2, -0.15) is 40.2 Å². The van der Waals surface area contributed by atoms with Crippen LogP contribution in [0.5, 0.6) is 0 Å². The highest BCUT2D eigenvalue weighted by atomic mass is 19.4. The number of benzene rings is 2. The molecule has 0 saturated carbocycles. The largest absolute Gasteiger partial charge is 0.453 e. The quantitative estimate of drug-likeness (QED) is 0.0438. The van der Waals surface area contributed by atoms with Crippen molar-refractivity contribution < 1.29 is 82.4 Å². The van der Waals surface area contributed by atoms with E-state index in [-0.39, 0.29) is 15.3 Å². The standard InChI is InChI=1S/C51H57F10N11O8/c1-48(2,50(56,57)58)40(65-46(76)78-5)42(74)64-37(17-28-10-7-27(8-11-28)9-12-29-20-62-45(63-21-29)69-22-31-13-14-32(23-69)72(31)33-25-80-26-33)38(73)24-71(68-43(75)41(66-47(77)79-6)49(3,4)51(59,60)61)39-34(52)18-30(19-35(39)53)36-15-16-70(67-36)44(54)55/h7-8,10-11,15-16,18-21,31-33,37-38,40-41,44,73H,13-14,17,22-26H2,1-6H3,(H,64,74)(H,65,76)(H,66,77)(H,68,75)/t31?,32?,37-,38-,40?,41+/m0/s1. The number of piperazine rings is 1. The van der Waals surface area contributed by atoms with Crippen LogP contribution in [0.25, 0.3) is 11.3 Å². The lowest BCUT2D eigenvalue weighted by molar-refractivity contribution is -0.221. The van der Waals surface area contributed by atoms with E-state index in [4.69, 9.17) is 4.74 Å². The first-order valence-corrected chi connectivity index (χ1v) is 24.8. The van der Waals surface area contributed by atoms with Crippen LogP contribution in [0.2, 0.25) is 0 Å². The Morgan fingerprint density at radius 1 is 0.775 bits per heavy atom. The molecule has 0 aliphatic carbocycles. The maximum absolute atomic E-state index is 16.4. The topological polar surface area (TPSA) is 218 Å². The van der Waals surface area contributed by atoms with Crippen LogP contribution in [0.15, 0.2) is 61.1 Å². The number of nitrogens with one attached hydrogen (secondary N) is 4. The maximum atomic E-state index is 16.4. The van der Waals surface area contributed by atoms with Crippen LogP contribution in [0.3, 0.4) is 0 Å². The molecular formula is C51H57F10N11O8. The van der Waals surface area contributed by atoms with Gasteiger partial charge in [0.2, 0.25) is 11.9 Å². The van der Waals surface area contributed by atoms with E-state index in [9.17, 15) is 59.4 Å². The van der Waals surface area contributed by atoms with Crippen molar-refractivity contribution in [2.75, 3.05) is 57.0 Å². The van der Waals surface area contributed by atoms with Crippen LogP contribution in [0.1, 0.15) is 63.8 Å². The van der Waals surface area contributed by atoms with Crippen molar-refractivity contribution in [1.82, 2.24) is 46.0 Å². The van der Waals surface area contributed by atoms with Crippen LogP contribution < -0.4 is 31.3 Å². The number of methoxy groups -OCH3 is 2. The fourth-order valence-electron chi connectivity index (χ4n) is 9.42. The Labute approximate surface area is 451 Å². The summed E-state index contributed by atoms with van der Waals surface area (Å²) in [7, 11) is 1.56. The number of alkyl halides is 8. The minimum Gasteiger partial charge on any atom is -0.453 e. The number of aromatic nitrogens is 4. The van der Waals surface area contributed by atoms with Crippen LogP contribution in [0, 0.1) is 34.3 Å². The van der Waals surface area contributed by atoms with Gasteiger partial charge in [-0.3, -0.25) is 24.9 Å². The summed E-state index contributed by atoms with van der Waals surface area (Å²) >= 11 is 0. The number of hydrogen-bond acceptors (Lipinski definition) is 14. The molecule has 5 heterocycles. The fourth-order valence-corrected chi connectivity index (χ4v) is 9.42. The van der Waals surface area contributed by atoms with E-state index in [1.807, 2.05) is 10.7 Å². The van der Waals surface area contributed by atoms with Gasteiger partial charge in [-0.1, -0.05) is 24.0 Å². The number of anilines is 2. The van der Waals surface area contributed by atoms with Gasteiger partial charge in [0.05, 0.1) is 74.3 Å². The molecule has 19 nitrogen and oxygen atoms in total. The minimum absolute atomic E-state index is 0.155. The number of amides is 4. The highest BCUT2D eigenvalue weighted by molar-refractivity contribution is 5.88. The predicted octanol–water partition coefficient (Wildman–Crippen LogP) is 6.02. The Bertz CT molecular complexity index is 2890. The van der Waals surface area contributed by atoms with E-state index in [1.165, 1.54) is 24.3 Å². The smallest absolute Gasteiger partial charge is 0.407 e. The molecule has 29 heteroatoms. The van der Waals surface area contributed by atoms with Crippen molar-refractivity contribution in [3.05, 3.63) is 89.4 Å². The molecule has 3 aliphatic heterocycles. The molecule has 80 heavy (non-hydrogen) atoms. The van der Waals surface area contributed by atoms with Crippen LogP contribution in [-0.4, -0.2) is 156 Å². The number of aliphatic hydroxyl groups is 1. The number of nitrogens with zero attached hydrogens (tertiary/aromatic N) is 7. The number of hydrazine groups is 1. The highest BCUT2D eigenvalue weighted by Gasteiger charge is 2.57. The van der Waals surface area contributed by atoms with Gasteiger partial charge >= 0.3 is 31.1 Å². The van der Waals surface area contributed by atoms with E-state index in [0.717, 1.165) is 65.6 Å². The molecule has 0 radical (unpaired) electrons. The second-order valence-corrected chi connectivity index (χ2v) is 20.4. The number of fused-ring (bicyclic) bond motifs is 2. The van der Waals surface area contributed by atoms with Gasteiger partial charge in [0, 0.05) is 54.9 Å². The molecule has 3 unspecified atom stereocenters. The molecule has 7 rings (SSSR count). The Hall–Kier alpha value is -7.45. The van der Waals surface area contributed by atoms with Crippen molar-refractivity contribution >= 4 is 35.6 Å². The van der Waals surface area contributed by atoms with Gasteiger partial charge < -0.3 is 40.2 Å². The molecule has 0 spiro atoms. The van der Waals surface area contributed by atoms with Gasteiger partial charge in [0.1, 0.15) is 17.8 Å². The molecule has 6 atom stereocenters. The van der Waals surface area contributed by atoms with Crippen molar-refractivity contribution in [3.8, 4) is 23.1 Å².